The predicted molar refractivity (Wildman–Crippen MR) is 150 cm³/mol. The standard InChI is InChI=1S/C28H32N6O3S/c1-16(2)34(27(35)19-7-5-17(3)6-8-19)26-21(28(36)37)14-33(32-26)20-11-9-18(10-12-20)23-13-22-24(38-23)25(29-4)31-15-30-22/h9-17,19H,5-8H2,1-4H3,(H,36,37)(H,29,30,31). The number of carboxylic acid groups (broad SMARTS) is 1. The van der Waals surface area contributed by atoms with Gasteiger partial charge in [-0.2, -0.15) is 0 Å². The summed E-state index contributed by atoms with van der Waals surface area (Å²) in [7, 11) is 1.84. The molecule has 0 aliphatic heterocycles. The number of carboxylic acids is 1. The fraction of sp³-hybridized carbons (Fsp3) is 0.393. The first-order valence-corrected chi connectivity index (χ1v) is 13.8. The second kappa shape index (κ2) is 10.5. The van der Waals surface area contributed by atoms with Gasteiger partial charge >= 0.3 is 5.97 Å². The molecule has 0 saturated heterocycles. The third-order valence-electron chi connectivity index (χ3n) is 7.24. The highest BCUT2D eigenvalue weighted by molar-refractivity contribution is 7.22. The number of rotatable bonds is 7. The molecule has 1 aliphatic carbocycles. The summed E-state index contributed by atoms with van der Waals surface area (Å²) in [4.78, 5) is 37.0. The molecular formula is C28H32N6O3S. The maximum absolute atomic E-state index is 13.6. The van der Waals surface area contributed by atoms with Crippen molar-refractivity contribution in [2.45, 2.75) is 52.5 Å². The molecule has 2 N–H and O–H groups in total. The van der Waals surface area contributed by atoms with Gasteiger partial charge in [0.2, 0.25) is 5.91 Å². The lowest BCUT2D eigenvalue weighted by molar-refractivity contribution is -0.124. The van der Waals surface area contributed by atoms with Crippen LogP contribution in [0.1, 0.15) is 56.8 Å². The van der Waals surface area contributed by atoms with Gasteiger partial charge in [-0.05, 0) is 69.2 Å². The Labute approximate surface area is 225 Å². The maximum Gasteiger partial charge on any atom is 0.341 e. The topological polar surface area (TPSA) is 113 Å². The van der Waals surface area contributed by atoms with E-state index >= 15 is 0 Å². The summed E-state index contributed by atoms with van der Waals surface area (Å²) >= 11 is 1.61. The predicted octanol–water partition coefficient (Wildman–Crippen LogP) is 5.85. The van der Waals surface area contributed by atoms with Crippen LogP contribution < -0.4 is 10.2 Å². The Hall–Kier alpha value is -3.79. The minimum Gasteiger partial charge on any atom is -0.477 e. The smallest absolute Gasteiger partial charge is 0.341 e. The molecule has 1 aromatic carbocycles. The zero-order valence-corrected chi connectivity index (χ0v) is 22.8. The van der Waals surface area contributed by atoms with Gasteiger partial charge in [-0.3, -0.25) is 9.69 Å². The highest BCUT2D eigenvalue weighted by Gasteiger charge is 2.34. The van der Waals surface area contributed by atoms with Gasteiger partial charge < -0.3 is 10.4 Å². The SMILES string of the molecule is CNc1ncnc2cc(-c3ccc(-n4cc(C(=O)O)c(N(C(=O)C5CCC(C)CC5)C(C)C)n4)cc3)sc12. The van der Waals surface area contributed by atoms with Crippen molar-refractivity contribution in [2.24, 2.45) is 11.8 Å². The van der Waals surface area contributed by atoms with E-state index in [0.29, 0.717) is 11.6 Å². The first-order chi connectivity index (χ1) is 18.3. The number of nitrogens with one attached hydrogen (secondary N) is 1. The summed E-state index contributed by atoms with van der Waals surface area (Å²) in [5.74, 6) is 0.361. The zero-order valence-electron chi connectivity index (χ0n) is 22.0. The summed E-state index contributed by atoms with van der Waals surface area (Å²) in [5.41, 5.74) is 2.61. The summed E-state index contributed by atoms with van der Waals surface area (Å²) < 4.78 is 2.53. The Morgan fingerprint density at radius 3 is 2.47 bits per heavy atom. The molecule has 1 aliphatic rings. The van der Waals surface area contributed by atoms with Crippen LogP contribution in [0.15, 0.2) is 42.9 Å². The molecule has 3 heterocycles. The lowest BCUT2D eigenvalue weighted by atomic mass is 9.82. The fourth-order valence-electron chi connectivity index (χ4n) is 5.09. The van der Waals surface area contributed by atoms with Crippen molar-refractivity contribution in [3.8, 4) is 16.1 Å². The monoisotopic (exact) mass is 532 g/mol. The van der Waals surface area contributed by atoms with E-state index in [1.54, 1.807) is 27.2 Å². The third kappa shape index (κ3) is 4.88. The number of hydrogen-bond acceptors (Lipinski definition) is 7. The Balaban J connectivity index is 1.46. The second-order valence-electron chi connectivity index (χ2n) is 10.2. The van der Waals surface area contributed by atoms with Gasteiger partial charge in [0.1, 0.15) is 17.7 Å². The van der Waals surface area contributed by atoms with Crippen molar-refractivity contribution in [1.82, 2.24) is 19.7 Å². The minimum atomic E-state index is -1.11. The second-order valence-corrected chi connectivity index (χ2v) is 11.3. The van der Waals surface area contributed by atoms with E-state index in [1.807, 2.05) is 51.2 Å². The first kappa shape index (κ1) is 25.8. The molecule has 0 atom stereocenters. The molecular weight excluding hydrogens is 500 g/mol. The number of fused-ring (bicyclic) bond motifs is 1. The van der Waals surface area contributed by atoms with Crippen LogP contribution in [0.2, 0.25) is 0 Å². The quantitative estimate of drug-likeness (QED) is 0.307. The molecule has 5 rings (SSSR count). The Kier molecular flexibility index (Phi) is 7.16. The van der Waals surface area contributed by atoms with Crippen LogP contribution in [0.25, 0.3) is 26.3 Å². The number of anilines is 2. The van der Waals surface area contributed by atoms with Gasteiger partial charge in [0.25, 0.3) is 0 Å². The largest absolute Gasteiger partial charge is 0.477 e. The van der Waals surface area contributed by atoms with Crippen molar-refractivity contribution in [3.63, 3.8) is 0 Å². The van der Waals surface area contributed by atoms with Gasteiger partial charge in [-0.25, -0.2) is 19.4 Å². The number of nitrogens with zero attached hydrogens (tertiary/aromatic N) is 5. The summed E-state index contributed by atoms with van der Waals surface area (Å²) in [6.45, 7) is 6.01. The van der Waals surface area contributed by atoms with Crippen LogP contribution in [-0.4, -0.2) is 49.8 Å². The van der Waals surface area contributed by atoms with Crippen LogP contribution in [-0.2, 0) is 4.79 Å². The van der Waals surface area contributed by atoms with E-state index in [0.717, 1.165) is 52.2 Å². The molecule has 3 aromatic heterocycles. The molecule has 38 heavy (non-hydrogen) atoms. The van der Waals surface area contributed by atoms with E-state index in [9.17, 15) is 14.7 Å². The van der Waals surface area contributed by atoms with Crippen LogP contribution in [0.3, 0.4) is 0 Å². The molecule has 0 unspecified atom stereocenters. The van der Waals surface area contributed by atoms with Gasteiger partial charge in [-0.1, -0.05) is 19.1 Å². The molecule has 1 fully saturated rings. The van der Waals surface area contributed by atoms with Gasteiger partial charge in [0.05, 0.1) is 15.9 Å². The van der Waals surface area contributed by atoms with Crippen molar-refractivity contribution in [1.29, 1.82) is 0 Å². The van der Waals surface area contributed by atoms with E-state index < -0.39 is 5.97 Å². The molecule has 0 bridgehead atoms. The highest BCUT2D eigenvalue weighted by Crippen LogP contribution is 2.36. The van der Waals surface area contributed by atoms with E-state index in [-0.39, 0.29) is 29.2 Å². The third-order valence-corrected chi connectivity index (χ3v) is 8.42. The molecule has 198 valence electrons. The first-order valence-electron chi connectivity index (χ1n) is 13.0. The number of thiophene rings is 1. The molecule has 10 heteroatoms. The van der Waals surface area contributed by atoms with Gasteiger partial charge in [0, 0.05) is 30.1 Å². The van der Waals surface area contributed by atoms with Crippen molar-refractivity contribution in [3.05, 3.63) is 48.4 Å². The number of hydrogen-bond donors (Lipinski definition) is 2. The van der Waals surface area contributed by atoms with Gasteiger partial charge in [-0.15, -0.1) is 16.4 Å². The van der Waals surface area contributed by atoms with Crippen molar-refractivity contribution < 1.29 is 14.7 Å². The number of aromatic nitrogens is 4. The van der Waals surface area contributed by atoms with Crippen molar-refractivity contribution in [2.75, 3.05) is 17.3 Å². The van der Waals surface area contributed by atoms with E-state index in [4.69, 9.17) is 0 Å². The normalized spacial score (nSPS) is 17.6. The summed E-state index contributed by atoms with van der Waals surface area (Å²) in [6, 6.07) is 9.56. The van der Waals surface area contributed by atoms with Gasteiger partial charge in [0.15, 0.2) is 5.82 Å². The molecule has 0 radical (unpaired) electrons. The maximum atomic E-state index is 13.6. The van der Waals surface area contributed by atoms with Crippen LogP contribution in [0.5, 0.6) is 0 Å². The lowest BCUT2D eigenvalue weighted by Gasteiger charge is -2.32. The molecule has 1 amide bonds. The minimum absolute atomic E-state index is 0.0166. The van der Waals surface area contributed by atoms with Crippen LogP contribution >= 0.6 is 11.3 Å². The number of benzene rings is 1. The average molecular weight is 533 g/mol. The van der Waals surface area contributed by atoms with E-state index in [1.165, 1.54) is 6.20 Å². The van der Waals surface area contributed by atoms with Crippen LogP contribution in [0.4, 0.5) is 11.6 Å². The fourth-order valence-corrected chi connectivity index (χ4v) is 6.20. The molecule has 4 aromatic rings. The number of carbonyl (C=O) groups excluding carboxylic acids is 1. The number of carbonyl (C=O) groups is 2. The molecule has 0 spiro atoms. The summed E-state index contributed by atoms with van der Waals surface area (Å²) in [5, 5.41) is 17.7. The number of amides is 1. The Morgan fingerprint density at radius 2 is 1.84 bits per heavy atom. The summed E-state index contributed by atoms with van der Waals surface area (Å²) in [6.07, 6.45) is 6.71. The van der Waals surface area contributed by atoms with Crippen molar-refractivity contribution >= 4 is 45.1 Å². The Bertz CT molecular complexity index is 1470. The zero-order chi connectivity index (χ0) is 27.0. The molecule has 9 nitrogen and oxygen atoms in total. The molecule has 1 saturated carbocycles. The highest BCUT2D eigenvalue weighted by atomic mass is 32.1. The number of aromatic carboxylic acids is 1. The Morgan fingerprint density at radius 1 is 1.13 bits per heavy atom. The van der Waals surface area contributed by atoms with E-state index in [2.05, 4.69) is 27.3 Å². The average Bonchev–Trinajstić information content (AvgIpc) is 3.54. The lowest BCUT2D eigenvalue weighted by Crippen LogP contribution is -2.43. The van der Waals surface area contributed by atoms with Crippen LogP contribution in [0, 0.1) is 11.8 Å².